The number of carbonyl (C=O) groups excluding carboxylic acids is 1. The number of amides is 1. The van der Waals surface area contributed by atoms with E-state index >= 15 is 0 Å². The van der Waals surface area contributed by atoms with Crippen molar-refractivity contribution in [1.82, 2.24) is 4.90 Å². The number of unbranched alkanes of at least 4 members (excludes halogenated alkanes) is 2. The lowest BCUT2D eigenvalue weighted by molar-refractivity contribution is -0.0967. The molecule has 1 N–H and O–H groups in total. The van der Waals surface area contributed by atoms with Crippen molar-refractivity contribution in [3.8, 4) is 0 Å². The van der Waals surface area contributed by atoms with Crippen molar-refractivity contribution >= 4 is 6.09 Å². The van der Waals surface area contributed by atoms with Crippen LogP contribution in [-0.2, 0) is 4.74 Å². The average Bonchev–Trinajstić information content (AvgIpc) is 2.42. The Balaban J connectivity index is 2.62. The zero-order valence-electron chi connectivity index (χ0n) is 9.82. The van der Waals surface area contributed by atoms with E-state index in [2.05, 4.69) is 6.92 Å². The van der Waals surface area contributed by atoms with E-state index in [4.69, 9.17) is 4.74 Å². The second kappa shape index (κ2) is 4.84. The molecule has 1 fully saturated rings. The summed E-state index contributed by atoms with van der Waals surface area (Å²) in [7, 11) is 0. The van der Waals surface area contributed by atoms with Gasteiger partial charge in [0.1, 0.15) is 6.10 Å². The molecule has 0 aromatic heterocycles. The first-order valence-electron chi connectivity index (χ1n) is 5.76. The molecule has 0 saturated carbocycles. The molecule has 0 bridgehead atoms. The highest BCUT2D eigenvalue weighted by molar-refractivity contribution is 5.71. The molecule has 0 aliphatic carbocycles. The summed E-state index contributed by atoms with van der Waals surface area (Å²) in [6.45, 7) is 6.30. The van der Waals surface area contributed by atoms with Crippen LogP contribution in [0.25, 0.3) is 0 Å². The average molecular weight is 215 g/mol. The fourth-order valence-corrected chi connectivity index (χ4v) is 1.97. The lowest BCUT2D eigenvalue weighted by Crippen LogP contribution is -2.50. The number of hydrogen-bond donors (Lipinski definition) is 1. The maximum Gasteiger partial charge on any atom is 0.412 e. The molecule has 0 radical (unpaired) electrons. The van der Waals surface area contributed by atoms with Crippen LogP contribution in [-0.4, -0.2) is 34.5 Å². The molecule has 88 valence electrons. The highest BCUT2D eigenvalue weighted by atomic mass is 16.6. The molecule has 0 unspecified atom stereocenters. The third kappa shape index (κ3) is 2.25. The summed E-state index contributed by atoms with van der Waals surface area (Å²) >= 11 is 0. The van der Waals surface area contributed by atoms with Crippen LogP contribution in [0.15, 0.2) is 0 Å². The number of hydrogen-bond acceptors (Lipinski definition) is 3. The van der Waals surface area contributed by atoms with Crippen LogP contribution in [0.4, 0.5) is 4.79 Å². The minimum absolute atomic E-state index is 0.386. The van der Waals surface area contributed by atoms with Crippen molar-refractivity contribution in [2.24, 2.45) is 0 Å². The Bertz CT molecular complexity index is 232. The Labute approximate surface area is 91.2 Å². The molecule has 0 spiro atoms. The van der Waals surface area contributed by atoms with Gasteiger partial charge in [-0.15, -0.1) is 0 Å². The molecular formula is C11H21NO3. The monoisotopic (exact) mass is 215 g/mol. The summed E-state index contributed by atoms with van der Waals surface area (Å²) in [5.41, 5.74) is -1.11. The quantitative estimate of drug-likeness (QED) is 0.715. The van der Waals surface area contributed by atoms with Gasteiger partial charge in [-0.2, -0.15) is 0 Å². The number of ether oxygens (including phenoxy) is 1. The maximum absolute atomic E-state index is 11.5. The summed E-state index contributed by atoms with van der Waals surface area (Å²) in [4.78, 5) is 13.0. The Morgan fingerprint density at radius 2 is 2.13 bits per heavy atom. The van der Waals surface area contributed by atoms with E-state index in [9.17, 15) is 9.90 Å². The van der Waals surface area contributed by atoms with Crippen molar-refractivity contribution in [3.05, 3.63) is 0 Å². The van der Waals surface area contributed by atoms with Crippen LogP contribution in [0.5, 0.6) is 0 Å². The number of nitrogens with zero attached hydrogens (tertiary/aromatic N) is 1. The van der Waals surface area contributed by atoms with E-state index in [1.165, 1.54) is 4.90 Å². The first-order valence-corrected chi connectivity index (χ1v) is 5.76. The van der Waals surface area contributed by atoms with E-state index in [0.29, 0.717) is 13.0 Å². The molecule has 1 aliphatic heterocycles. The van der Waals surface area contributed by atoms with Crippen molar-refractivity contribution in [2.75, 3.05) is 6.54 Å². The van der Waals surface area contributed by atoms with Gasteiger partial charge in [0.15, 0.2) is 5.72 Å². The molecule has 1 aliphatic rings. The SMILES string of the molecule is CCCCCN1C(=O)O[C@@H](C)[C@]1(O)CC. The van der Waals surface area contributed by atoms with Gasteiger partial charge in [0.05, 0.1) is 0 Å². The molecule has 1 saturated heterocycles. The predicted octanol–water partition coefficient (Wildman–Crippen LogP) is 2.12. The lowest BCUT2D eigenvalue weighted by atomic mass is 10.0. The molecule has 1 amide bonds. The standard InChI is InChI=1S/C11H21NO3/c1-4-6-7-8-12-10(13)15-9(3)11(12,14)5-2/h9,14H,4-8H2,1-3H3/t9-,11+/m0/s1. The fraction of sp³-hybridized carbons (Fsp3) is 0.909. The first-order chi connectivity index (χ1) is 7.06. The van der Waals surface area contributed by atoms with Crippen LogP contribution in [0, 0.1) is 0 Å². The molecule has 4 nitrogen and oxygen atoms in total. The van der Waals surface area contributed by atoms with E-state index in [1.807, 2.05) is 6.92 Å². The molecule has 2 atom stereocenters. The van der Waals surface area contributed by atoms with Gasteiger partial charge in [-0.05, 0) is 19.8 Å². The lowest BCUT2D eigenvalue weighted by Gasteiger charge is -2.31. The fourth-order valence-electron chi connectivity index (χ4n) is 1.97. The normalized spacial score (nSPS) is 30.8. The van der Waals surface area contributed by atoms with Crippen LogP contribution in [0.3, 0.4) is 0 Å². The minimum atomic E-state index is -1.11. The zero-order valence-corrected chi connectivity index (χ0v) is 9.82. The zero-order chi connectivity index (χ0) is 11.5. The smallest absolute Gasteiger partial charge is 0.412 e. The van der Waals surface area contributed by atoms with Crippen molar-refractivity contribution in [1.29, 1.82) is 0 Å². The topological polar surface area (TPSA) is 49.8 Å². The van der Waals surface area contributed by atoms with Crippen molar-refractivity contribution < 1.29 is 14.6 Å². The van der Waals surface area contributed by atoms with Crippen molar-refractivity contribution in [2.45, 2.75) is 58.3 Å². The third-order valence-corrected chi connectivity index (χ3v) is 3.12. The Hall–Kier alpha value is -0.770. The minimum Gasteiger partial charge on any atom is -0.441 e. The Kier molecular flexibility index (Phi) is 3.97. The van der Waals surface area contributed by atoms with Gasteiger partial charge in [-0.3, -0.25) is 4.90 Å². The molecule has 1 rings (SSSR count). The van der Waals surface area contributed by atoms with Gasteiger partial charge >= 0.3 is 6.09 Å². The molecule has 1 heterocycles. The first kappa shape index (κ1) is 12.3. The summed E-state index contributed by atoms with van der Waals surface area (Å²) < 4.78 is 5.05. The molecule has 4 heteroatoms. The molecular weight excluding hydrogens is 194 g/mol. The summed E-state index contributed by atoms with van der Waals surface area (Å²) in [5.74, 6) is 0. The van der Waals surface area contributed by atoms with Crippen LogP contribution < -0.4 is 0 Å². The Morgan fingerprint density at radius 1 is 1.47 bits per heavy atom. The van der Waals surface area contributed by atoms with Crippen molar-refractivity contribution in [3.63, 3.8) is 0 Å². The van der Waals surface area contributed by atoms with Gasteiger partial charge in [0.25, 0.3) is 0 Å². The molecule has 0 aromatic carbocycles. The van der Waals surface area contributed by atoms with Gasteiger partial charge in [-0.1, -0.05) is 26.7 Å². The van der Waals surface area contributed by atoms with E-state index in [1.54, 1.807) is 6.92 Å². The highest BCUT2D eigenvalue weighted by Crippen LogP contribution is 2.31. The number of carbonyl (C=O) groups is 1. The van der Waals surface area contributed by atoms with Gasteiger partial charge in [0, 0.05) is 6.54 Å². The Morgan fingerprint density at radius 3 is 2.67 bits per heavy atom. The second-order valence-electron chi connectivity index (χ2n) is 4.12. The van der Waals surface area contributed by atoms with Crippen LogP contribution in [0.1, 0.15) is 46.5 Å². The van der Waals surface area contributed by atoms with E-state index < -0.39 is 11.8 Å². The maximum atomic E-state index is 11.5. The van der Waals surface area contributed by atoms with Gasteiger partial charge < -0.3 is 9.84 Å². The predicted molar refractivity (Wildman–Crippen MR) is 57.4 cm³/mol. The van der Waals surface area contributed by atoms with Crippen LogP contribution >= 0.6 is 0 Å². The third-order valence-electron chi connectivity index (χ3n) is 3.12. The molecule has 0 aromatic rings. The highest BCUT2D eigenvalue weighted by Gasteiger charge is 2.50. The van der Waals surface area contributed by atoms with Gasteiger partial charge in [0.2, 0.25) is 0 Å². The van der Waals surface area contributed by atoms with Gasteiger partial charge in [-0.25, -0.2) is 4.79 Å². The number of rotatable bonds is 5. The molecule has 15 heavy (non-hydrogen) atoms. The summed E-state index contributed by atoms with van der Waals surface area (Å²) in [6.07, 6.45) is 2.77. The summed E-state index contributed by atoms with van der Waals surface area (Å²) in [5, 5.41) is 10.3. The second-order valence-corrected chi connectivity index (χ2v) is 4.12. The van der Waals surface area contributed by atoms with E-state index in [0.717, 1.165) is 19.3 Å². The number of aliphatic hydroxyl groups is 1. The summed E-state index contributed by atoms with van der Waals surface area (Å²) in [6, 6.07) is 0. The number of cyclic esters (lactones) is 1. The van der Waals surface area contributed by atoms with E-state index in [-0.39, 0.29) is 6.09 Å². The largest absolute Gasteiger partial charge is 0.441 e. The van der Waals surface area contributed by atoms with Crippen LogP contribution in [0.2, 0.25) is 0 Å².